The number of nitro benzene ring substituents is 1. The molecule has 1 aliphatic heterocycles. The Morgan fingerprint density at radius 2 is 1.72 bits per heavy atom. The molecule has 2 unspecified atom stereocenters. The number of benzene rings is 1. The van der Waals surface area contributed by atoms with Gasteiger partial charge in [-0.15, -0.1) is 0 Å². The first-order chi connectivity index (χ1) is 8.48. The lowest BCUT2D eigenvalue weighted by molar-refractivity contribution is -0.384. The van der Waals surface area contributed by atoms with Crippen LogP contribution in [0.25, 0.3) is 0 Å². The predicted octanol–water partition coefficient (Wildman–Crippen LogP) is 2.98. The fourth-order valence-corrected chi connectivity index (χ4v) is 2.16. The highest BCUT2D eigenvalue weighted by atomic mass is 16.8. The maximum atomic E-state index is 10.6. The van der Waals surface area contributed by atoms with Gasteiger partial charge in [-0.05, 0) is 26.0 Å². The average Bonchev–Trinajstić information content (AvgIpc) is 2.66. The standard InChI is InChI=1S/C13H17NO4/c1-4-13(17-9(2)10(3)18-13)11-5-7-12(8-6-11)14(15)16/h5-10H,4H2,1-3H3. The molecule has 0 amide bonds. The molecule has 2 atom stereocenters. The molecule has 0 aliphatic carbocycles. The van der Waals surface area contributed by atoms with Crippen molar-refractivity contribution < 1.29 is 14.4 Å². The van der Waals surface area contributed by atoms with Crippen LogP contribution in [0.1, 0.15) is 32.8 Å². The highest BCUT2D eigenvalue weighted by Gasteiger charge is 2.44. The molecule has 1 aliphatic rings. The first kappa shape index (κ1) is 13.0. The van der Waals surface area contributed by atoms with Crippen LogP contribution >= 0.6 is 0 Å². The second-order valence-electron chi connectivity index (χ2n) is 4.56. The molecule has 1 aromatic carbocycles. The monoisotopic (exact) mass is 251 g/mol. The van der Waals surface area contributed by atoms with E-state index in [0.29, 0.717) is 6.42 Å². The molecule has 2 rings (SSSR count). The molecule has 98 valence electrons. The number of ether oxygens (including phenoxy) is 2. The van der Waals surface area contributed by atoms with Crippen LogP contribution in [0.3, 0.4) is 0 Å². The summed E-state index contributed by atoms with van der Waals surface area (Å²) in [6.07, 6.45) is 0.694. The van der Waals surface area contributed by atoms with Crippen LogP contribution in [-0.2, 0) is 15.3 Å². The van der Waals surface area contributed by atoms with E-state index in [1.54, 1.807) is 12.1 Å². The third-order valence-corrected chi connectivity index (χ3v) is 3.40. The Labute approximate surface area is 106 Å². The van der Waals surface area contributed by atoms with Crippen molar-refractivity contribution in [3.05, 3.63) is 39.9 Å². The molecule has 1 heterocycles. The van der Waals surface area contributed by atoms with E-state index in [9.17, 15) is 10.1 Å². The van der Waals surface area contributed by atoms with Gasteiger partial charge in [0.05, 0.1) is 17.1 Å². The van der Waals surface area contributed by atoms with Crippen LogP contribution in [-0.4, -0.2) is 17.1 Å². The summed E-state index contributed by atoms with van der Waals surface area (Å²) < 4.78 is 11.8. The lowest BCUT2D eigenvalue weighted by Gasteiger charge is -2.27. The lowest BCUT2D eigenvalue weighted by Crippen LogP contribution is -2.27. The van der Waals surface area contributed by atoms with Crippen LogP contribution < -0.4 is 0 Å². The van der Waals surface area contributed by atoms with Crippen LogP contribution in [0, 0.1) is 10.1 Å². The zero-order valence-electron chi connectivity index (χ0n) is 10.8. The summed E-state index contributed by atoms with van der Waals surface area (Å²) in [5.74, 6) is -0.770. The maximum Gasteiger partial charge on any atom is 0.269 e. The Hall–Kier alpha value is -1.46. The Kier molecular flexibility index (Phi) is 3.36. The highest BCUT2D eigenvalue weighted by molar-refractivity contribution is 5.35. The minimum absolute atomic E-state index is 0.0140. The molecule has 0 N–H and O–H groups in total. The van der Waals surface area contributed by atoms with E-state index in [1.165, 1.54) is 12.1 Å². The van der Waals surface area contributed by atoms with Gasteiger partial charge in [0.1, 0.15) is 0 Å². The van der Waals surface area contributed by atoms with Gasteiger partial charge in [-0.25, -0.2) is 0 Å². The highest BCUT2D eigenvalue weighted by Crippen LogP contribution is 2.40. The fraction of sp³-hybridized carbons (Fsp3) is 0.538. The van der Waals surface area contributed by atoms with Gasteiger partial charge < -0.3 is 9.47 Å². The SMILES string of the molecule is CCC1(c2ccc([N+](=O)[O-])cc2)OC(C)C(C)O1. The topological polar surface area (TPSA) is 61.6 Å². The van der Waals surface area contributed by atoms with Crippen molar-refractivity contribution in [1.29, 1.82) is 0 Å². The summed E-state index contributed by atoms with van der Waals surface area (Å²) in [5.41, 5.74) is 0.899. The first-order valence-electron chi connectivity index (χ1n) is 6.09. The number of rotatable bonds is 3. The average molecular weight is 251 g/mol. The van der Waals surface area contributed by atoms with E-state index in [0.717, 1.165) is 5.56 Å². The molecule has 1 aromatic rings. The minimum Gasteiger partial charge on any atom is -0.340 e. The van der Waals surface area contributed by atoms with Gasteiger partial charge in [0.2, 0.25) is 0 Å². The molecular weight excluding hydrogens is 234 g/mol. The Bertz CT molecular complexity index is 433. The van der Waals surface area contributed by atoms with Crippen molar-refractivity contribution in [2.75, 3.05) is 0 Å². The molecule has 5 heteroatoms. The summed E-state index contributed by atoms with van der Waals surface area (Å²) in [4.78, 5) is 10.2. The lowest BCUT2D eigenvalue weighted by atomic mass is 10.0. The molecule has 5 nitrogen and oxygen atoms in total. The molecule has 18 heavy (non-hydrogen) atoms. The van der Waals surface area contributed by atoms with Crippen molar-refractivity contribution in [2.24, 2.45) is 0 Å². The molecule has 0 radical (unpaired) electrons. The molecule has 0 spiro atoms. The second kappa shape index (κ2) is 4.66. The van der Waals surface area contributed by atoms with E-state index >= 15 is 0 Å². The van der Waals surface area contributed by atoms with E-state index in [-0.39, 0.29) is 17.9 Å². The summed E-state index contributed by atoms with van der Waals surface area (Å²) in [6.45, 7) is 5.91. The van der Waals surface area contributed by atoms with E-state index < -0.39 is 10.7 Å². The molecule has 0 saturated carbocycles. The zero-order valence-corrected chi connectivity index (χ0v) is 10.8. The van der Waals surface area contributed by atoms with Crippen molar-refractivity contribution in [3.63, 3.8) is 0 Å². The fourth-order valence-electron chi connectivity index (χ4n) is 2.16. The molecular formula is C13H17NO4. The number of hydrogen-bond acceptors (Lipinski definition) is 4. The number of hydrogen-bond donors (Lipinski definition) is 0. The second-order valence-corrected chi connectivity index (χ2v) is 4.56. The number of nitro groups is 1. The normalized spacial score (nSPS) is 31.5. The molecule has 0 bridgehead atoms. The van der Waals surface area contributed by atoms with Crippen molar-refractivity contribution in [1.82, 2.24) is 0 Å². The summed E-state index contributed by atoms with van der Waals surface area (Å²) in [5, 5.41) is 10.6. The molecule has 0 aromatic heterocycles. The largest absolute Gasteiger partial charge is 0.340 e. The van der Waals surface area contributed by atoms with Gasteiger partial charge in [0.15, 0.2) is 5.79 Å². The quantitative estimate of drug-likeness (QED) is 0.612. The van der Waals surface area contributed by atoms with Gasteiger partial charge in [0, 0.05) is 24.1 Å². The minimum atomic E-state index is -0.770. The van der Waals surface area contributed by atoms with Gasteiger partial charge >= 0.3 is 0 Å². The van der Waals surface area contributed by atoms with Gasteiger partial charge in [0.25, 0.3) is 5.69 Å². The number of nitrogens with zero attached hydrogens (tertiary/aromatic N) is 1. The predicted molar refractivity (Wildman–Crippen MR) is 66.2 cm³/mol. The Morgan fingerprint density at radius 1 is 1.22 bits per heavy atom. The third kappa shape index (κ3) is 2.11. The van der Waals surface area contributed by atoms with Crippen molar-refractivity contribution >= 4 is 5.69 Å². The summed E-state index contributed by atoms with van der Waals surface area (Å²) in [7, 11) is 0. The van der Waals surface area contributed by atoms with E-state index in [4.69, 9.17) is 9.47 Å². The van der Waals surface area contributed by atoms with Crippen LogP contribution in [0.2, 0.25) is 0 Å². The number of non-ortho nitro benzene ring substituents is 1. The Balaban J connectivity index is 2.31. The van der Waals surface area contributed by atoms with Crippen LogP contribution in [0.15, 0.2) is 24.3 Å². The molecule has 1 saturated heterocycles. The van der Waals surface area contributed by atoms with Crippen LogP contribution in [0.5, 0.6) is 0 Å². The van der Waals surface area contributed by atoms with Gasteiger partial charge in [-0.2, -0.15) is 0 Å². The third-order valence-electron chi connectivity index (χ3n) is 3.40. The molecule has 1 fully saturated rings. The smallest absolute Gasteiger partial charge is 0.269 e. The summed E-state index contributed by atoms with van der Waals surface area (Å²) in [6, 6.07) is 6.36. The Morgan fingerprint density at radius 3 is 2.11 bits per heavy atom. The zero-order chi connectivity index (χ0) is 13.3. The van der Waals surface area contributed by atoms with Gasteiger partial charge in [-0.1, -0.05) is 6.92 Å². The van der Waals surface area contributed by atoms with Crippen molar-refractivity contribution in [3.8, 4) is 0 Å². The van der Waals surface area contributed by atoms with E-state index in [1.807, 2.05) is 20.8 Å². The van der Waals surface area contributed by atoms with Gasteiger partial charge in [-0.3, -0.25) is 10.1 Å². The summed E-state index contributed by atoms with van der Waals surface area (Å²) >= 11 is 0. The van der Waals surface area contributed by atoms with E-state index in [2.05, 4.69) is 0 Å². The first-order valence-corrected chi connectivity index (χ1v) is 6.09. The van der Waals surface area contributed by atoms with Crippen LogP contribution in [0.4, 0.5) is 5.69 Å². The maximum absolute atomic E-state index is 10.6. The van der Waals surface area contributed by atoms with Crippen molar-refractivity contribution in [2.45, 2.75) is 45.2 Å².